The molecule has 0 radical (unpaired) electrons. The predicted molar refractivity (Wildman–Crippen MR) is 93.7 cm³/mol. The van der Waals surface area contributed by atoms with E-state index in [0.717, 1.165) is 36.4 Å². The molecule has 0 aliphatic heterocycles. The lowest BCUT2D eigenvalue weighted by Gasteiger charge is -2.28. The summed E-state index contributed by atoms with van der Waals surface area (Å²) in [4.78, 5) is 16.2. The van der Waals surface area contributed by atoms with E-state index in [1.807, 2.05) is 40.4 Å². The van der Waals surface area contributed by atoms with Gasteiger partial charge in [0.05, 0.1) is 11.7 Å². The minimum absolute atomic E-state index is 0.290. The first-order valence-electron chi connectivity index (χ1n) is 8.18. The van der Waals surface area contributed by atoms with Gasteiger partial charge in [0.2, 0.25) is 0 Å². The molecule has 0 bridgehead atoms. The minimum Gasteiger partial charge on any atom is -0.481 e. The second-order valence-corrected chi connectivity index (χ2v) is 7.11. The monoisotopic (exact) mass is 341 g/mol. The van der Waals surface area contributed by atoms with Gasteiger partial charge in [0.25, 0.3) is 5.91 Å². The fourth-order valence-corrected chi connectivity index (χ4v) is 4.02. The maximum absolute atomic E-state index is 11.5. The van der Waals surface area contributed by atoms with Crippen molar-refractivity contribution in [3.05, 3.63) is 53.3 Å². The maximum Gasteiger partial charge on any atom is 0.252 e. The zero-order valence-corrected chi connectivity index (χ0v) is 14.0. The molecule has 1 aliphatic rings. The Kier molecular flexibility index (Phi) is 3.98. The summed E-state index contributed by atoms with van der Waals surface area (Å²) in [7, 11) is 0. The molecule has 6 heteroatoms. The van der Waals surface area contributed by atoms with Crippen LogP contribution in [0.25, 0.3) is 5.65 Å². The van der Waals surface area contributed by atoms with E-state index in [1.54, 1.807) is 17.4 Å². The fraction of sp³-hybridized carbons (Fsp3) is 0.333. The number of rotatable bonds is 4. The van der Waals surface area contributed by atoms with E-state index in [-0.39, 0.29) is 6.10 Å². The van der Waals surface area contributed by atoms with Gasteiger partial charge in [-0.2, -0.15) is 0 Å². The molecule has 5 nitrogen and oxygen atoms in total. The van der Waals surface area contributed by atoms with Crippen LogP contribution < -0.4 is 10.5 Å². The molecule has 4 rings (SSSR count). The lowest BCUT2D eigenvalue weighted by Crippen LogP contribution is -2.23. The van der Waals surface area contributed by atoms with Crippen LogP contribution in [0.15, 0.2) is 42.0 Å². The molecule has 0 aromatic carbocycles. The summed E-state index contributed by atoms with van der Waals surface area (Å²) < 4.78 is 7.86. The van der Waals surface area contributed by atoms with Crippen LogP contribution in [-0.4, -0.2) is 21.4 Å². The third-order valence-electron chi connectivity index (χ3n) is 4.66. The van der Waals surface area contributed by atoms with Crippen LogP contribution in [0.1, 0.15) is 47.7 Å². The molecule has 3 heterocycles. The maximum atomic E-state index is 11.5. The van der Waals surface area contributed by atoms with Gasteiger partial charge < -0.3 is 14.9 Å². The molecule has 1 amide bonds. The van der Waals surface area contributed by atoms with Crippen molar-refractivity contribution in [3.63, 3.8) is 0 Å². The Hall–Kier alpha value is -2.34. The number of amides is 1. The largest absolute Gasteiger partial charge is 0.481 e. The number of thiophene rings is 1. The molecule has 24 heavy (non-hydrogen) atoms. The van der Waals surface area contributed by atoms with Crippen LogP contribution in [0.3, 0.4) is 0 Å². The van der Waals surface area contributed by atoms with Gasteiger partial charge in [-0.15, -0.1) is 11.3 Å². The van der Waals surface area contributed by atoms with Crippen LogP contribution >= 0.6 is 11.3 Å². The zero-order chi connectivity index (χ0) is 16.5. The number of ether oxygens (including phenoxy) is 1. The Labute approximate surface area is 144 Å². The van der Waals surface area contributed by atoms with Gasteiger partial charge in [-0.3, -0.25) is 4.79 Å². The number of carbonyl (C=O) groups excluding carboxylic acids is 1. The number of fused-ring (bicyclic) bond motifs is 1. The first-order valence-corrected chi connectivity index (χ1v) is 9.06. The topological polar surface area (TPSA) is 69.6 Å². The lowest BCUT2D eigenvalue weighted by molar-refractivity contribution is 0.100. The number of hydrogen-bond donors (Lipinski definition) is 1. The molecule has 2 N–H and O–H groups in total. The summed E-state index contributed by atoms with van der Waals surface area (Å²) in [6, 6.07) is 7.80. The van der Waals surface area contributed by atoms with Gasteiger partial charge in [-0.05, 0) is 55.3 Å². The Balaban J connectivity index is 1.48. The minimum atomic E-state index is -0.435. The average Bonchev–Trinajstić information content (AvgIpc) is 3.24. The van der Waals surface area contributed by atoms with Gasteiger partial charge >= 0.3 is 0 Å². The third-order valence-corrected chi connectivity index (χ3v) is 5.42. The van der Waals surface area contributed by atoms with Crippen LogP contribution in [0.5, 0.6) is 5.06 Å². The lowest BCUT2D eigenvalue weighted by atomic mass is 9.85. The fourth-order valence-electron chi connectivity index (χ4n) is 3.38. The van der Waals surface area contributed by atoms with E-state index < -0.39 is 5.91 Å². The molecule has 3 aromatic heterocycles. The van der Waals surface area contributed by atoms with Crippen LogP contribution in [0.4, 0.5) is 0 Å². The van der Waals surface area contributed by atoms with Gasteiger partial charge in [0.15, 0.2) is 5.06 Å². The van der Waals surface area contributed by atoms with Gasteiger partial charge in [-0.1, -0.05) is 0 Å². The molecule has 0 saturated heterocycles. The molecular weight excluding hydrogens is 322 g/mol. The average molecular weight is 341 g/mol. The summed E-state index contributed by atoms with van der Waals surface area (Å²) >= 11 is 1.64. The molecule has 1 fully saturated rings. The van der Waals surface area contributed by atoms with Crippen LogP contribution in [-0.2, 0) is 0 Å². The van der Waals surface area contributed by atoms with Crippen molar-refractivity contribution in [2.45, 2.75) is 37.7 Å². The standard InChI is InChI=1S/C18H19N3O2S/c19-17(22)14-7-9-21-10-8-15(20-18(14)21)12-3-5-13(6-4-12)23-16-2-1-11-24-16/h1-2,7-13H,3-6H2,(H2,19,22). The second kappa shape index (κ2) is 6.28. The molecule has 0 atom stereocenters. The van der Waals surface area contributed by atoms with E-state index in [9.17, 15) is 4.79 Å². The first kappa shape index (κ1) is 15.2. The molecule has 1 saturated carbocycles. The highest BCUT2D eigenvalue weighted by atomic mass is 32.1. The molecular formula is C18H19N3O2S. The van der Waals surface area contributed by atoms with Crippen molar-refractivity contribution in [2.75, 3.05) is 0 Å². The van der Waals surface area contributed by atoms with Gasteiger partial charge in [-0.25, -0.2) is 4.98 Å². The third kappa shape index (κ3) is 2.89. The summed E-state index contributed by atoms with van der Waals surface area (Å²) in [6.07, 6.45) is 8.21. The highest BCUT2D eigenvalue weighted by molar-refractivity contribution is 7.11. The number of hydrogen-bond acceptors (Lipinski definition) is 4. The smallest absolute Gasteiger partial charge is 0.252 e. The molecule has 124 valence electrons. The van der Waals surface area contributed by atoms with E-state index in [4.69, 9.17) is 15.5 Å². The molecule has 0 spiro atoms. The van der Waals surface area contributed by atoms with Crippen molar-refractivity contribution >= 4 is 22.9 Å². The van der Waals surface area contributed by atoms with E-state index in [0.29, 0.717) is 17.1 Å². The van der Waals surface area contributed by atoms with Crippen LogP contribution in [0.2, 0.25) is 0 Å². The number of nitrogens with two attached hydrogens (primary N) is 1. The Morgan fingerprint density at radius 1 is 1.21 bits per heavy atom. The van der Waals surface area contributed by atoms with Crippen LogP contribution in [0, 0.1) is 0 Å². The normalized spacial score (nSPS) is 21.0. The molecule has 0 unspecified atom stereocenters. The summed E-state index contributed by atoms with van der Waals surface area (Å²) in [5.41, 5.74) is 7.60. The number of carbonyl (C=O) groups is 1. The zero-order valence-electron chi connectivity index (χ0n) is 13.2. The van der Waals surface area contributed by atoms with Gasteiger partial charge in [0, 0.05) is 24.0 Å². The summed E-state index contributed by atoms with van der Waals surface area (Å²) in [5.74, 6) is -0.0241. The Bertz CT molecular complexity index is 848. The van der Waals surface area contributed by atoms with Crippen molar-refractivity contribution in [1.29, 1.82) is 0 Å². The van der Waals surface area contributed by atoms with E-state index >= 15 is 0 Å². The quantitative estimate of drug-likeness (QED) is 0.788. The van der Waals surface area contributed by atoms with Crippen molar-refractivity contribution in [3.8, 4) is 5.06 Å². The van der Waals surface area contributed by atoms with Crippen molar-refractivity contribution in [1.82, 2.24) is 9.38 Å². The van der Waals surface area contributed by atoms with Crippen molar-refractivity contribution in [2.24, 2.45) is 5.73 Å². The second-order valence-electron chi connectivity index (χ2n) is 6.20. The number of primary amides is 1. The Morgan fingerprint density at radius 3 is 2.71 bits per heavy atom. The highest BCUT2D eigenvalue weighted by Gasteiger charge is 2.25. The molecule has 1 aliphatic carbocycles. The Morgan fingerprint density at radius 2 is 2.00 bits per heavy atom. The number of nitrogens with zero attached hydrogens (tertiary/aromatic N) is 2. The van der Waals surface area contributed by atoms with E-state index in [1.165, 1.54) is 0 Å². The summed E-state index contributed by atoms with van der Waals surface area (Å²) in [6.45, 7) is 0. The number of aromatic nitrogens is 2. The summed E-state index contributed by atoms with van der Waals surface area (Å²) in [5, 5.41) is 3.03. The SMILES string of the molecule is NC(=O)c1ccn2ccc(C3CCC(Oc4cccs4)CC3)nc12. The highest BCUT2D eigenvalue weighted by Crippen LogP contribution is 2.34. The van der Waals surface area contributed by atoms with Crippen molar-refractivity contribution < 1.29 is 9.53 Å². The van der Waals surface area contributed by atoms with Gasteiger partial charge in [0.1, 0.15) is 5.65 Å². The van der Waals surface area contributed by atoms with E-state index in [2.05, 4.69) is 0 Å². The first-order chi connectivity index (χ1) is 11.7. The predicted octanol–water partition coefficient (Wildman–Crippen LogP) is 3.60. The molecule has 3 aromatic rings.